The minimum absolute atomic E-state index is 0.0219. The SMILES string of the molecule is COCCCn1c([C@@H]2CCCN(C(=O)C[C@@H](N)CNC(=O)c3ccc(-c4ccsc4)cc3)C2)nc2ccccc21. The summed E-state index contributed by atoms with van der Waals surface area (Å²) < 4.78 is 7.57. The fraction of sp³-hybridized carbons (Fsp3) is 0.387. The molecule has 210 valence electrons. The van der Waals surface area contributed by atoms with E-state index in [4.69, 9.17) is 15.5 Å². The Kier molecular flexibility index (Phi) is 9.26. The molecule has 2 atom stereocenters. The molecule has 5 rings (SSSR count). The molecule has 3 heterocycles. The van der Waals surface area contributed by atoms with Gasteiger partial charge in [-0.25, -0.2) is 4.98 Å². The number of methoxy groups -OCH3 is 1. The van der Waals surface area contributed by atoms with Gasteiger partial charge in [0, 0.05) is 63.8 Å². The molecule has 8 nitrogen and oxygen atoms in total. The maximum absolute atomic E-state index is 13.2. The summed E-state index contributed by atoms with van der Waals surface area (Å²) in [6.07, 6.45) is 3.00. The lowest BCUT2D eigenvalue weighted by atomic mass is 9.96. The second-order valence-electron chi connectivity index (χ2n) is 10.4. The number of thiophene rings is 1. The quantitative estimate of drug-likeness (QED) is 0.260. The van der Waals surface area contributed by atoms with Gasteiger partial charge in [0.1, 0.15) is 5.82 Å². The van der Waals surface area contributed by atoms with Gasteiger partial charge in [-0.15, -0.1) is 0 Å². The van der Waals surface area contributed by atoms with Crippen LogP contribution in [-0.2, 0) is 16.1 Å². The Morgan fingerprint density at radius 1 is 1.15 bits per heavy atom. The Morgan fingerprint density at radius 2 is 1.98 bits per heavy atom. The molecule has 2 aromatic heterocycles. The van der Waals surface area contributed by atoms with E-state index in [0.717, 1.165) is 60.3 Å². The summed E-state index contributed by atoms with van der Waals surface area (Å²) in [5.74, 6) is 1.04. The van der Waals surface area contributed by atoms with Gasteiger partial charge in [-0.1, -0.05) is 24.3 Å². The number of imidazole rings is 1. The number of rotatable bonds is 11. The molecule has 0 bridgehead atoms. The summed E-state index contributed by atoms with van der Waals surface area (Å²) in [5, 5.41) is 7.00. The van der Waals surface area contributed by atoms with Crippen LogP contribution in [0.5, 0.6) is 0 Å². The van der Waals surface area contributed by atoms with Gasteiger partial charge in [0.05, 0.1) is 11.0 Å². The number of aryl methyl sites for hydroxylation is 1. The standard InChI is InChI=1S/C31H37N5O3S/c1-39-16-5-15-36-28-8-3-2-7-27(28)34-30(36)24-6-4-14-35(20-24)29(37)18-26(32)19-33-31(38)23-11-9-22(10-12-23)25-13-17-40-21-25/h2-3,7-13,17,21,24,26H,4-6,14-16,18-20,32H2,1H3,(H,33,38)/t24-,26-/m1/s1. The summed E-state index contributed by atoms with van der Waals surface area (Å²) in [6, 6.07) is 17.3. The van der Waals surface area contributed by atoms with Gasteiger partial charge < -0.3 is 25.3 Å². The third kappa shape index (κ3) is 6.60. The van der Waals surface area contributed by atoms with E-state index in [2.05, 4.69) is 27.4 Å². The number of ether oxygens (including phenoxy) is 1. The van der Waals surface area contributed by atoms with Gasteiger partial charge in [0.2, 0.25) is 5.91 Å². The molecular formula is C31H37N5O3S. The molecule has 1 fully saturated rings. The number of para-hydroxylation sites is 2. The Labute approximate surface area is 239 Å². The molecule has 9 heteroatoms. The summed E-state index contributed by atoms with van der Waals surface area (Å²) in [4.78, 5) is 32.8. The highest BCUT2D eigenvalue weighted by Gasteiger charge is 2.29. The minimum Gasteiger partial charge on any atom is -0.385 e. The van der Waals surface area contributed by atoms with Crippen LogP contribution in [-0.4, -0.2) is 65.7 Å². The maximum atomic E-state index is 13.2. The maximum Gasteiger partial charge on any atom is 0.251 e. The van der Waals surface area contributed by atoms with E-state index in [1.165, 1.54) is 0 Å². The van der Waals surface area contributed by atoms with Crippen molar-refractivity contribution in [1.29, 1.82) is 0 Å². The zero-order chi connectivity index (χ0) is 27.9. The number of carbonyl (C=O) groups excluding carboxylic acids is 2. The molecule has 4 aromatic rings. The number of nitrogens with one attached hydrogen (secondary N) is 1. The number of aromatic nitrogens is 2. The van der Waals surface area contributed by atoms with Crippen molar-refractivity contribution in [2.45, 2.75) is 44.2 Å². The molecule has 1 aliphatic rings. The number of nitrogens with zero attached hydrogens (tertiary/aromatic N) is 3. The fourth-order valence-electron chi connectivity index (χ4n) is 5.42. The van der Waals surface area contributed by atoms with Crippen LogP contribution >= 0.6 is 11.3 Å². The number of nitrogens with two attached hydrogens (primary N) is 1. The molecule has 40 heavy (non-hydrogen) atoms. The summed E-state index contributed by atoms with van der Waals surface area (Å²) in [6.45, 7) is 3.10. The van der Waals surface area contributed by atoms with Crippen LogP contribution in [0.3, 0.4) is 0 Å². The van der Waals surface area contributed by atoms with E-state index in [1.807, 2.05) is 52.7 Å². The van der Waals surface area contributed by atoms with Crippen molar-refractivity contribution in [2.75, 3.05) is 33.4 Å². The van der Waals surface area contributed by atoms with Crippen LogP contribution in [0.25, 0.3) is 22.2 Å². The van der Waals surface area contributed by atoms with Crippen molar-refractivity contribution in [1.82, 2.24) is 19.8 Å². The molecule has 0 aliphatic carbocycles. The molecule has 2 aromatic carbocycles. The number of hydrogen-bond acceptors (Lipinski definition) is 6. The third-order valence-electron chi connectivity index (χ3n) is 7.52. The predicted molar refractivity (Wildman–Crippen MR) is 159 cm³/mol. The molecule has 3 N–H and O–H groups in total. The first-order valence-electron chi connectivity index (χ1n) is 13.9. The summed E-state index contributed by atoms with van der Waals surface area (Å²) >= 11 is 1.64. The number of carbonyl (C=O) groups is 2. The highest BCUT2D eigenvalue weighted by Crippen LogP contribution is 2.30. The van der Waals surface area contributed by atoms with E-state index in [1.54, 1.807) is 18.4 Å². The lowest BCUT2D eigenvalue weighted by Crippen LogP contribution is -2.45. The average Bonchev–Trinajstić information content (AvgIpc) is 3.65. The monoisotopic (exact) mass is 559 g/mol. The van der Waals surface area contributed by atoms with Gasteiger partial charge in [0.25, 0.3) is 5.91 Å². The number of benzene rings is 2. The largest absolute Gasteiger partial charge is 0.385 e. The van der Waals surface area contributed by atoms with E-state index in [-0.39, 0.29) is 30.7 Å². The average molecular weight is 560 g/mol. The third-order valence-corrected chi connectivity index (χ3v) is 8.20. The van der Waals surface area contributed by atoms with Gasteiger partial charge in [-0.2, -0.15) is 11.3 Å². The highest BCUT2D eigenvalue weighted by atomic mass is 32.1. The van der Waals surface area contributed by atoms with Crippen LogP contribution in [0, 0.1) is 0 Å². The molecule has 1 saturated heterocycles. The Balaban J connectivity index is 1.16. The van der Waals surface area contributed by atoms with E-state index in [0.29, 0.717) is 18.7 Å². The van der Waals surface area contributed by atoms with Crippen molar-refractivity contribution in [3.05, 3.63) is 76.7 Å². The smallest absolute Gasteiger partial charge is 0.251 e. The van der Waals surface area contributed by atoms with Crippen LogP contribution in [0.4, 0.5) is 0 Å². The van der Waals surface area contributed by atoms with Gasteiger partial charge in [0.15, 0.2) is 0 Å². The second-order valence-corrected chi connectivity index (χ2v) is 11.2. The van der Waals surface area contributed by atoms with Crippen molar-refractivity contribution in [2.24, 2.45) is 5.73 Å². The lowest BCUT2D eigenvalue weighted by Gasteiger charge is -2.33. The Bertz CT molecular complexity index is 1420. The van der Waals surface area contributed by atoms with E-state index in [9.17, 15) is 9.59 Å². The van der Waals surface area contributed by atoms with Crippen LogP contribution < -0.4 is 11.1 Å². The van der Waals surface area contributed by atoms with Gasteiger partial charge in [-0.05, 0) is 71.5 Å². The van der Waals surface area contributed by atoms with E-state index >= 15 is 0 Å². The summed E-state index contributed by atoms with van der Waals surface area (Å²) in [7, 11) is 1.72. The molecule has 0 saturated carbocycles. The number of hydrogen-bond donors (Lipinski definition) is 2. The predicted octanol–water partition coefficient (Wildman–Crippen LogP) is 4.65. The fourth-order valence-corrected chi connectivity index (χ4v) is 6.08. The topological polar surface area (TPSA) is 102 Å². The molecule has 2 amide bonds. The number of fused-ring (bicyclic) bond motifs is 1. The van der Waals surface area contributed by atoms with Gasteiger partial charge in [-0.3, -0.25) is 9.59 Å². The lowest BCUT2D eigenvalue weighted by molar-refractivity contribution is -0.132. The molecule has 0 radical (unpaired) electrons. The van der Waals surface area contributed by atoms with Crippen molar-refractivity contribution in [3.8, 4) is 11.1 Å². The molecule has 0 unspecified atom stereocenters. The Morgan fingerprint density at radius 3 is 2.75 bits per heavy atom. The van der Waals surface area contributed by atoms with Gasteiger partial charge >= 0.3 is 0 Å². The van der Waals surface area contributed by atoms with Crippen LogP contribution in [0.15, 0.2) is 65.4 Å². The molecule has 1 aliphatic heterocycles. The van der Waals surface area contributed by atoms with Crippen molar-refractivity contribution >= 4 is 34.2 Å². The molecular weight excluding hydrogens is 522 g/mol. The Hall–Kier alpha value is -3.53. The highest BCUT2D eigenvalue weighted by molar-refractivity contribution is 7.08. The zero-order valence-electron chi connectivity index (χ0n) is 22.9. The normalized spacial score (nSPS) is 16.2. The van der Waals surface area contributed by atoms with Crippen LogP contribution in [0.1, 0.15) is 47.8 Å². The first-order valence-corrected chi connectivity index (χ1v) is 14.9. The second kappa shape index (κ2) is 13.2. The first-order chi connectivity index (χ1) is 19.5. The summed E-state index contributed by atoms with van der Waals surface area (Å²) in [5.41, 5.74) is 11.2. The number of likely N-dealkylation sites (tertiary alicyclic amines) is 1. The van der Waals surface area contributed by atoms with Crippen LogP contribution in [0.2, 0.25) is 0 Å². The number of piperidine rings is 1. The zero-order valence-corrected chi connectivity index (χ0v) is 23.7. The van der Waals surface area contributed by atoms with Crippen molar-refractivity contribution in [3.63, 3.8) is 0 Å². The molecule has 0 spiro atoms. The number of amides is 2. The van der Waals surface area contributed by atoms with Crippen molar-refractivity contribution < 1.29 is 14.3 Å². The first kappa shape index (κ1) is 28.0. The van der Waals surface area contributed by atoms with E-state index < -0.39 is 6.04 Å². The minimum atomic E-state index is -0.458.